The summed E-state index contributed by atoms with van der Waals surface area (Å²) in [6, 6.07) is 6.93. The van der Waals surface area contributed by atoms with Crippen LogP contribution in [-0.4, -0.2) is 18.9 Å². The molecule has 0 bridgehead atoms. The first-order valence-electron chi connectivity index (χ1n) is 8.85. The number of ketones is 1. The Labute approximate surface area is 155 Å². The van der Waals surface area contributed by atoms with E-state index in [4.69, 9.17) is 9.15 Å². The van der Waals surface area contributed by atoms with Crippen molar-refractivity contribution in [1.82, 2.24) is 5.32 Å². The summed E-state index contributed by atoms with van der Waals surface area (Å²) in [5, 5.41) is 3.59. The van der Waals surface area contributed by atoms with E-state index in [0.717, 1.165) is 12.1 Å². The topological polar surface area (TPSA) is 85.6 Å². The van der Waals surface area contributed by atoms with E-state index >= 15 is 0 Å². The highest BCUT2D eigenvalue weighted by Crippen LogP contribution is 2.41. The minimum Gasteiger partial charge on any atom is -0.466 e. The summed E-state index contributed by atoms with van der Waals surface area (Å²) in [5.74, 6) is -1.42. The standard InChI is InChI=1S/C21H19NO5/c1-11-17(21(25)26-2)18(19-14(22-11)7-5-8-15(19)23)13-10-27-16-9-4-3-6-12(16)20(13)24/h3-4,6,9-10,18,22H,5,7-8H2,1-2H3/t18-/m1/s1. The first-order chi connectivity index (χ1) is 13.0. The van der Waals surface area contributed by atoms with Gasteiger partial charge in [0.25, 0.3) is 0 Å². The quantitative estimate of drug-likeness (QED) is 0.824. The number of ether oxygens (including phenoxy) is 1. The van der Waals surface area contributed by atoms with Gasteiger partial charge in [-0.1, -0.05) is 12.1 Å². The van der Waals surface area contributed by atoms with Crippen molar-refractivity contribution in [3.63, 3.8) is 0 Å². The Hall–Kier alpha value is -3.15. The van der Waals surface area contributed by atoms with Gasteiger partial charge in [0.05, 0.1) is 30.3 Å². The van der Waals surface area contributed by atoms with Gasteiger partial charge in [0, 0.05) is 29.0 Å². The summed E-state index contributed by atoms with van der Waals surface area (Å²) in [6.07, 6.45) is 3.19. The number of esters is 1. The maximum absolute atomic E-state index is 13.2. The average Bonchev–Trinajstić information content (AvgIpc) is 2.67. The van der Waals surface area contributed by atoms with Crippen LogP contribution in [0.1, 0.15) is 37.7 Å². The molecule has 0 spiro atoms. The number of para-hydroxylation sites is 1. The summed E-state index contributed by atoms with van der Waals surface area (Å²) in [5.41, 5.74) is 2.59. The van der Waals surface area contributed by atoms with Crippen molar-refractivity contribution in [2.24, 2.45) is 0 Å². The second-order valence-electron chi connectivity index (χ2n) is 6.77. The Bertz CT molecular complexity index is 1090. The number of Topliss-reactive ketones (excluding diaryl/α,β-unsaturated/α-hetero) is 1. The van der Waals surface area contributed by atoms with Crippen LogP contribution in [0.25, 0.3) is 11.0 Å². The molecule has 1 N–H and O–H groups in total. The van der Waals surface area contributed by atoms with Crippen LogP contribution in [0.2, 0.25) is 0 Å². The van der Waals surface area contributed by atoms with Gasteiger partial charge in [-0.25, -0.2) is 4.79 Å². The minimum absolute atomic E-state index is 0.0600. The number of carbonyl (C=O) groups is 2. The first kappa shape index (κ1) is 17.3. The van der Waals surface area contributed by atoms with Crippen molar-refractivity contribution in [2.45, 2.75) is 32.1 Å². The summed E-state index contributed by atoms with van der Waals surface area (Å²) >= 11 is 0. The molecular formula is C21H19NO5. The van der Waals surface area contributed by atoms with Gasteiger partial charge in [0.1, 0.15) is 5.58 Å². The lowest BCUT2D eigenvalue weighted by atomic mass is 9.75. The molecule has 6 nitrogen and oxygen atoms in total. The van der Waals surface area contributed by atoms with Gasteiger partial charge in [0.15, 0.2) is 11.2 Å². The van der Waals surface area contributed by atoms with Crippen molar-refractivity contribution in [2.75, 3.05) is 7.11 Å². The molecule has 138 valence electrons. The second kappa shape index (κ2) is 6.54. The average molecular weight is 365 g/mol. The molecule has 27 heavy (non-hydrogen) atoms. The number of dihydropyridines is 1. The molecular weight excluding hydrogens is 346 g/mol. The predicted octanol–water partition coefficient (Wildman–Crippen LogP) is 2.93. The zero-order valence-corrected chi connectivity index (χ0v) is 15.1. The number of fused-ring (bicyclic) bond motifs is 1. The van der Waals surface area contributed by atoms with Crippen molar-refractivity contribution in [3.8, 4) is 0 Å². The molecule has 0 radical (unpaired) electrons. The van der Waals surface area contributed by atoms with Crippen LogP contribution in [0.5, 0.6) is 0 Å². The zero-order valence-electron chi connectivity index (χ0n) is 15.1. The molecule has 2 aliphatic rings. The third kappa shape index (κ3) is 2.68. The van der Waals surface area contributed by atoms with E-state index in [2.05, 4.69) is 5.32 Å². The summed E-state index contributed by atoms with van der Waals surface area (Å²) < 4.78 is 10.6. The van der Waals surface area contributed by atoms with Crippen LogP contribution < -0.4 is 10.7 Å². The molecule has 0 saturated heterocycles. The monoisotopic (exact) mass is 365 g/mol. The summed E-state index contributed by atoms with van der Waals surface area (Å²) in [6.45, 7) is 1.75. The van der Waals surface area contributed by atoms with Gasteiger partial charge in [-0.2, -0.15) is 0 Å². The van der Waals surface area contributed by atoms with Crippen molar-refractivity contribution < 1.29 is 18.7 Å². The van der Waals surface area contributed by atoms with Gasteiger partial charge in [-0.15, -0.1) is 0 Å². The van der Waals surface area contributed by atoms with Crippen LogP contribution in [0.15, 0.2) is 62.3 Å². The van der Waals surface area contributed by atoms with Crippen LogP contribution >= 0.6 is 0 Å². The molecule has 1 atom stereocenters. The Morgan fingerprint density at radius 3 is 2.78 bits per heavy atom. The third-order valence-electron chi connectivity index (χ3n) is 5.20. The molecule has 0 saturated carbocycles. The lowest BCUT2D eigenvalue weighted by Crippen LogP contribution is -2.35. The van der Waals surface area contributed by atoms with Gasteiger partial charge >= 0.3 is 5.97 Å². The number of methoxy groups -OCH3 is 1. The van der Waals surface area contributed by atoms with Gasteiger partial charge in [-0.05, 0) is 31.9 Å². The third-order valence-corrected chi connectivity index (χ3v) is 5.20. The molecule has 1 aliphatic carbocycles. The van der Waals surface area contributed by atoms with E-state index < -0.39 is 11.9 Å². The van der Waals surface area contributed by atoms with E-state index in [1.54, 1.807) is 31.2 Å². The molecule has 6 heteroatoms. The minimum atomic E-state index is -0.789. The molecule has 0 unspecified atom stereocenters. The molecule has 0 fully saturated rings. The number of benzene rings is 1. The van der Waals surface area contributed by atoms with Crippen molar-refractivity contribution in [1.29, 1.82) is 0 Å². The Morgan fingerprint density at radius 1 is 1.22 bits per heavy atom. The highest BCUT2D eigenvalue weighted by Gasteiger charge is 2.40. The van der Waals surface area contributed by atoms with Crippen molar-refractivity contribution in [3.05, 3.63) is 68.9 Å². The lowest BCUT2D eigenvalue weighted by Gasteiger charge is -2.33. The van der Waals surface area contributed by atoms with E-state index in [-0.39, 0.29) is 22.3 Å². The maximum Gasteiger partial charge on any atom is 0.336 e. The van der Waals surface area contributed by atoms with Crippen molar-refractivity contribution >= 4 is 22.7 Å². The number of allylic oxidation sites excluding steroid dienone is 3. The second-order valence-corrected chi connectivity index (χ2v) is 6.77. The smallest absolute Gasteiger partial charge is 0.336 e. The largest absolute Gasteiger partial charge is 0.466 e. The Morgan fingerprint density at radius 2 is 2.00 bits per heavy atom. The summed E-state index contributed by atoms with van der Waals surface area (Å²) in [7, 11) is 1.29. The Kier molecular flexibility index (Phi) is 4.18. The van der Waals surface area contributed by atoms with E-state index in [1.807, 2.05) is 0 Å². The van der Waals surface area contributed by atoms with Crippen LogP contribution in [0, 0.1) is 0 Å². The fourth-order valence-electron chi connectivity index (χ4n) is 3.97. The molecule has 1 aromatic carbocycles. The SMILES string of the molecule is COC(=O)C1=C(C)NC2=C(C(=O)CCC2)[C@@H]1c1coc2ccccc2c1=O. The van der Waals surface area contributed by atoms with Crippen LogP contribution in [0.4, 0.5) is 0 Å². The van der Waals surface area contributed by atoms with Gasteiger partial charge in [-0.3, -0.25) is 9.59 Å². The lowest BCUT2D eigenvalue weighted by molar-refractivity contribution is -0.136. The van der Waals surface area contributed by atoms with Gasteiger partial charge in [0.2, 0.25) is 0 Å². The highest BCUT2D eigenvalue weighted by molar-refractivity contribution is 6.03. The normalized spacial score (nSPS) is 19.8. The molecule has 2 aromatic rings. The number of hydrogen-bond donors (Lipinski definition) is 1. The fourth-order valence-corrected chi connectivity index (χ4v) is 3.97. The molecule has 1 aromatic heterocycles. The molecule has 4 rings (SSSR count). The van der Waals surface area contributed by atoms with Crippen LogP contribution in [0.3, 0.4) is 0 Å². The predicted molar refractivity (Wildman–Crippen MR) is 99.0 cm³/mol. The number of hydrogen-bond acceptors (Lipinski definition) is 6. The summed E-state index contributed by atoms with van der Waals surface area (Å²) in [4.78, 5) is 38.5. The number of rotatable bonds is 2. The van der Waals surface area contributed by atoms with E-state index in [9.17, 15) is 14.4 Å². The van der Waals surface area contributed by atoms with Crippen LogP contribution in [-0.2, 0) is 14.3 Å². The molecule has 2 heterocycles. The first-order valence-corrected chi connectivity index (χ1v) is 8.85. The number of carbonyl (C=O) groups excluding carboxylic acids is 2. The molecule has 1 aliphatic heterocycles. The van der Waals surface area contributed by atoms with E-state index in [1.165, 1.54) is 13.4 Å². The highest BCUT2D eigenvalue weighted by atomic mass is 16.5. The number of nitrogens with one attached hydrogen (secondary N) is 1. The molecule has 0 amide bonds. The fraction of sp³-hybridized carbons (Fsp3) is 0.286. The van der Waals surface area contributed by atoms with Gasteiger partial charge < -0.3 is 14.5 Å². The maximum atomic E-state index is 13.2. The zero-order chi connectivity index (χ0) is 19.1. The Balaban J connectivity index is 2.01. The van der Waals surface area contributed by atoms with E-state index in [0.29, 0.717) is 35.1 Å².